The summed E-state index contributed by atoms with van der Waals surface area (Å²) in [7, 11) is 0. The fourth-order valence-electron chi connectivity index (χ4n) is 3.44. The molecule has 32 heavy (non-hydrogen) atoms. The predicted octanol–water partition coefficient (Wildman–Crippen LogP) is 7.03. The summed E-state index contributed by atoms with van der Waals surface area (Å²) in [5, 5.41) is 3.26. The largest absolute Gasteiger partial charge is 0.416 e. The van der Waals surface area contributed by atoms with E-state index in [1.807, 2.05) is 6.92 Å². The molecule has 0 saturated heterocycles. The second kappa shape index (κ2) is 11.0. The third kappa shape index (κ3) is 7.07. The first-order chi connectivity index (χ1) is 15.2. The molecule has 3 aromatic carbocycles. The number of thioether (sulfide) groups is 1. The second-order valence-corrected chi connectivity index (χ2v) is 8.82. The highest BCUT2D eigenvalue weighted by Crippen LogP contribution is 2.35. The first-order valence-corrected chi connectivity index (χ1v) is 11.3. The molecule has 0 aliphatic carbocycles. The van der Waals surface area contributed by atoms with Crippen molar-refractivity contribution in [3.05, 3.63) is 107 Å². The summed E-state index contributed by atoms with van der Waals surface area (Å²) in [4.78, 5) is 0. The van der Waals surface area contributed by atoms with Crippen molar-refractivity contribution in [3.63, 3.8) is 0 Å². The summed E-state index contributed by atoms with van der Waals surface area (Å²) in [5.41, 5.74) is 1.82. The van der Waals surface area contributed by atoms with Crippen molar-refractivity contribution in [2.45, 2.75) is 30.8 Å². The van der Waals surface area contributed by atoms with Gasteiger partial charge in [-0.1, -0.05) is 42.5 Å². The fourth-order valence-corrected chi connectivity index (χ4v) is 4.61. The van der Waals surface area contributed by atoms with Crippen molar-refractivity contribution in [1.29, 1.82) is 0 Å². The summed E-state index contributed by atoms with van der Waals surface area (Å²) in [6.07, 6.45) is -3.87. The Morgan fingerprint density at radius 2 is 1.41 bits per heavy atom. The van der Waals surface area contributed by atoms with Crippen molar-refractivity contribution in [3.8, 4) is 0 Å². The highest BCUT2D eigenvalue weighted by Gasteiger charge is 2.30. The first kappa shape index (κ1) is 24.3. The number of rotatable bonds is 9. The molecular formula is C25H24F5NS. The van der Waals surface area contributed by atoms with Crippen LogP contribution < -0.4 is 5.32 Å². The monoisotopic (exact) mass is 465 g/mol. The summed E-state index contributed by atoms with van der Waals surface area (Å²) in [6.45, 7) is 2.58. The van der Waals surface area contributed by atoms with Gasteiger partial charge in [-0.2, -0.15) is 13.2 Å². The maximum absolute atomic E-state index is 13.3. The second-order valence-electron chi connectivity index (χ2n) is 7.61. The fraction of sp³-hybridized carbons (Fsp3) is 0.280. The number of hydrogen-bond donors (Lipinski definition) is 1. The van der Waals surface area contributed by atoms with Crippen LogP contribution in [0.1, 0.15) is 34.4 Å². The minimum absolute atomic E-state index is 0.00539. The van der Waals surface area contributed by atoms with Crippen molar-refractivity contribution < 1.29 is 22.0 Å². The van der Waals surface area contributed by atoms with E-state index in [2.05, 4.69) is 5.32 Å². The lowest BCUT2D eigenvalue weighted by molar-refractivity contribution is -0.137. The molecule has 3 rings (SSSR count). The Kier molecular flexibility index (Phi) is 8.32. The van der Waals surface area contributed by atoms with Crippen LogP contribution >= 0.6 is 11.8 Å². The minimum Gasteiger partial charge on any atom is -0.313 e. The molecular weight excluding hydrogens is 441 g/mol. The molecule has 1 N–H and O–H groups in total. The van der Waals surface area contributed by atoms with Gasteiger partial charge in [0.25, 0.3) is 0 Å². The van der Waals surface area contributed by atoms with Gasteiger partial charge in [0.2, 0.25) is 0 Å². The topological polar surface area (TPSA) is 12.0 Å². The Balaban J connectivity index is 1.56. The van der Waals surface area contributed by atoms with Crippen molar-refractivity contribution >= 4 is 11.8 Å². The lowest BCUT2D eigenvalue weighted by Crippen LogP contribution is -2.30. The first-order valence-electron chi connectivity index (χ1n) is 10.2. The van der Waals surface area contributed by atoms with Gasteiger partial charge >= 0.3 is 6.18 Å². The maximum atomic E-state index is 13.3. The number of benzene rings is 3. The molecule has 0 spiro atoms. The van der Waals surface area contributed by atoms with E-state index in [1.165, 1.54) is 36.4 Å². The molecule has 7 heteroatoms. The molecule has 3 aromatic rings. The third-order valence-electron chi connectivity index (χ3n) is 5.02. The molecule has 1 atom stereocenters. The average molecular weight is 466 g/mol. The van der Waals surface area contributed by atoms with Gasteiger partial charge in [-0.15, -0.1) is 11.8 Å². The number of alkyl halides is 3. The van der Waals surface area contributed by atoms with Gasteiger partial charge < -0.3 is 5.32 Å². The zero-order chi connectivity index (χ0) is 23.1. The smallest absolute Gasteiger partial charge is 0.313 e. The molecule has 170 valence electrons. The van der Waals surface area contributed by atoms with E-state index in [0.717, 1.165) is 17.2 Å². The third-order valence-corrected chi connectivity index (χ3v) is 6.34. The molecule has 1 nitrogen and oxygen atoms in total. The zero-order valence-electron chi connectivity index (χ0n) is 17.5. The predicted molar refractivity (Wildman–Crippen MR) is 120 cm³/mol. The van der Waals surface area contributed by atoms with Crippen molar-refractivity contribution in [2.75, 3.05) is 12.3 Å². The molecule has 0 aliphatic heterocycles. The summed E-state index contributed by atoms with van der Waals surface area (Å²) in [6, 6.07) is 17.9. The molecule has 0 saturated carbocycles. The normalized spacial score (nSPS) is 12.8. The van der Waals surface area contributed by atoms with Crippen LogP contribution in [0.4, 0.5) is 22.0 Å². The summed E-state index contributed by atoms with van der Waals surface area (Å²) < 4.78 is 65.4. The molecule has 0 amide bonds. The standard InChI is InChI=1S/C25H24F5NS/c1-17(15-18-3-2-4-21(16-18)25(28,29)30)31-13-14-32-24(19-5-9-22(26)10-6-19)20-7-11-23(27)12-8-20/h2-12,16-17,24,31H,13-15H2,1H3. The Bertz CT molecular complexity index is 941. The lowest BCUT2D eigenvalue weighted by atomic mass is 10.0. The van der Waals surface area contributed by atoms with Crippen molar-refractivity contribution in [2.24, 2.45) is 0 Å². The molecule has 1 unspecified atom stereocenters. The molecule has 0 radical (unpaired) electrons. The van der Waals surface area contributed by atoms with E-state index in [9.17, 15) is 22.0 Å². The van der Waals surface area contributed by atoms with Crippen LogP contribution in [-0.4, -0.2) is 18.3 Å². The Labute approximate surface area is 189 Å². The van der Waals surface area contributed by atoms with Gasteiger partial charge in [-0.3, -0.25) is 0 Å². The van der Waals surface area contributed by atoms with Crippen LogP contribution in [-0.2, 0) is 12.6 Å². The SMILES string of the molecule is CC(Cc1cccc(C(F)(F)F)c1)NCCSC(c1ccc(F)cc1)c1ccc(F)cc1. The van der Waals surface area contributed by atoms with Gasteiger partial charge in [0, 0.05) is 18.3 Å². The van der Waals surface area contributed by atoms with E-state index >= 15 is 0 Å². The van der Waals surface area contributed by atoms with E-state index in [1.54, 1.807) is 42.1 Å². The van der Waals surface area contributed by atoms with E-state index < -0.39 is 11.7 Å². The van der Waals surface area contributed by atoms with Gasteiger partial charge in [0.05, 0.1) is 10.8 Å². The van der Waals surface area contributed by atoms with Gasteiger partial charge in [0.1, 0.15) is 11.6 Å². The van der Waals surface area contributed by atoms with Crippen LogP contribution in [0, 0.1) is 11.6 Å². The molecule has 0 aromatic heterocycles. The van der Waals surface area contributed by atoms with E-state index in [4.69, 9.17) is 0 Å². The van der Waals surface area contributed by atoms with Crippen LogP contribution in [0.25, 0.3) is 0 Å². The molecule has 0 fully saturated rings. The van der Waals surface area contributed by atoms with Crippen LogP contribution in [0.2, 0.25) is 0 Å². The molecule has 0 heterocycles. The Morgan fingerprint density at radius 1 is 0.844 bits per heavy atom. The molecule has 0 aliphatic rings. The van der Waals surface area contributed by atoms with Gasteiger partial charge in [-0.05, 0) is 60.4 Å². The quantitative estimate of drug-likeness (QED) is 0.269. The maximum Gasteiger partial charge on any atom is 0.416 e. The van der Waals surface area contributed by atoms with Crippen LogP contribution in [0.5, 0.6) is 0 Å². The molecule has 0 bridgehead atoms. The number of halogens is 5. The Hall–Kier alpha value is -2.38. The highest BCUT2D eigenvalue weighted by molar-refractivity contribution is 7.99. The lowest BCUT2D eigenvalue weighted by Gasteiger charge is -2.19. The minimum atomic E-state index is -4.35. The number of nitrogens with one attached hydrogen (secondary N) is 1. The van der Waals surface area contributed by atoms with Gasteiger partial charge in [-0.25, -0.2) is 8.78 Å². The summed E-state index contributed by atoms with van der Waals surface area (Å²) in [5.74, 6) is 0.0789. The zero-order valence-corrected chi connectivity index (χ0v) is 18.3. The Morgan fingerprint density at radius 3 is 1.94 bits per heavy atom. The van der Waals surface area contributed by atoms with Crippen LogP contribution in [0.15, 0.2) is 72.8 Å². The highest BCUT2D eigenvalue weighted by atomic mass is 32.2. The van der Waals surface area contributed by atoms with Crippen LogP contribution in [0.3, 0.4) is 0 Å². The van der Waals surface area contributed by atoms with E-state index in [0.29, 0.717) is 24.3 Å². The number of hydrogen-bond acceptors (Lipinski definition) is 2. The van der Waals surface area contributed by atoms with Crippen molar-refractivity contribution in [1.82, 2.24) is 5.32 Å². The van der Waals surface area contributed by atoms with E-state index in [-0.39, 0.29) is 22.9 Å². The summed E-state index contributed by atoms with van der Waals surface area (Å²) >= 11 is 1.64. The average Bonchev–Trinajstić information content (AvgIpc) is 2.75. The van der Waals surface area contributed by atoms with Gasteiger partial charge in [0.15, 0.2) is 0 Å².